The molecule has 0 radical (unpaired) electrons. The summed E-state index contributed by atoms with van der Waals surface area (Å²) in [4.78, 5) is 17.5. The molecule has 2 aromatic rings. The summed E-state index contributed by atoms with van der Waals surface area (Å²) in [6, 6.07) is 14.7. The van der Waals surface area contributed by atoms with E-state index in [0.29, 0.717) is 23.1 Å². The second kappa shape index (κ2) is 8.23. The first-order valence-corrected chi connectivity index (χ1v) is 10.0. The summed E-state index contributed by atoms with van der Waals surface area (Å²) in [5, 5.41) is 0. The van der Waals surface area contributed by atoms with Gasteiger partial charge in [-0.15, -0.1) is 0 Å². The van der Waals surface area contributed by atoms with Gasteiger partial charge in [-0.25, -0.2) is 0 Å². The fourth-order valence-corrected chi connectivity index (χ4v) is 4.38. The average molecular weight is 380 g/mol. The largest absolute Gasteiger partial charge is 0.497 e. The van der Waals surface area contributed by atoms with Gasteiger partial charge in [0.05, 0.1) is 14.2 Å². The SMILES string of the molecule is COc1cc(OC)cc(C(=O)N2CCC(N3CCc4ccccc4C3)CC2)c1. The van der Waals surface area contributed by atoms with E-state index in [4.69, 9.17) is 9.47 Å². The second-order valence-corrected chi connectivity index (χ2v) is 7.61. The van der Waals surface area contributed by atoms with Gasteiger partial charge in [0.2, 0.25) is 0 Å². The third-order valence-electron chi connectivity index (χ3n) is 6.03. The van der Waals surface area contributed by atoms with Crippen molar-refractivity contribution in [2.24, 2.45) is 0 Å². The van der Waals surface area contributed by atoms with E-state index in [0.717, 1.165) is 45.4 Å². The molecule has 5 nitrogen and oxygen atoms in total. The summed E-state index contributed by atoms with van der Waals surface area (Å²) in [6.07, 6.45) is 3.17. The number of likely N-dealkylation sites (tertiary alicyclic amines) is 1. The Morgan fingerprint density at radius 1 is 0.929 bits per heavy atom. The number of fused-ring (bicyclic) bond motifs is 1. The van der Waals surface area contributed by atoms with Crippen LogP contribution in [0.2, 0.25) is 0 Å². The highest BCUT2D eigenvalue weighted by Gasteiger charge is 2.29. The van der Waals surface area contributed by atoms with Gasteiger partial charge >= 0.3 is 0 Å². The van der Waals surface area contributed by atoms with E-state index in [-0.39, 0.29) is 5.91 Å². The standard InChI is InChI=1S/C23H28N2O3/c1-27-21-13-19(14-22(15-21)28-2)23(26)24-11-8-20(9-12-24)25-10-7-17-5-3-4-6-18(17)16-25/h3-6,13-15,20H,7-12,16H2,1-2H3. The molecule has 2 aromatic carbocycles. The molecule has 0 unspecified atom stereocenters. The maximum absolute atomic E-state index is 13.0. The molecule has 0 saturated carbocycles. The molecule has 148 valence electrons. The van der Waals surface area contributed by atoms with Gasteiger partial charge in [0.15, 0.2) is 0 Å². The minimum Gasteiger partial charge on any atom is -0.497 e. The van der Waals surface area contributed by atoms with Gasteiger partial charge in [0.1, 0.15) is 11.5 Å². The highest BCUT2D eigenvalue weighted by molar-refractivity contribution is 5.95. The number of rotatable bonds is 4. The predicted molar refractivity (Wildman–Crippen MR) is 109 cm³/mol. The molecule has 1 saturated heterocycles. The number of hydrogen-bond acceptors (Lipinski definition) is 4. The first-order valence-electron chi connectivity index (χ1n) is 10.0. The van der Waals surface area contributed by atoms with E-state index in [1.54, 1.807) is 32.4 Å². The van der Waals surface area contributed by atoms with Gasteiger partial charge in [0.25, 0.3) is 5.91 Å². The van der Waals surface area contributed by atoms with Crippen LogP contribution >= 0.6 is 0 Å². The number of amides is 1. The van der Waals surface area contributed by atoms with Crippen LogP contribution in [-0.2, 0) is 13.0 Å². The van der Waals surface area contributed by atoms with E-state index < -0.39 is 0 Å². The predicted octanol–water partition coefficient (Wildman–Crippen LogP) is 3.37. The third-order valence-corrected chi connectivity index (χ3v) is 6.03. The van der Waals surface area contributed by atoms with E-state index in [1.165, 1.54) is 11.1 Å². The minimum absolute atomic E-state index is 0.0552. The second-order valence-electron chi connectivity index (χ2n) is 7.61. The quantitative estimate of drug-likeness (QED) is 0.816. The Labute approximate surface area is 166 Å². The van der Waals surface area contributed by atoms with Crippen molar-refractivity contribution in [3.8, 4) is 11.5 Å². The van der Waals surface area contributed by atoms with E-state index in [9.17, 15) is 4.79 Å². The summed E-state index contributed by atoms with van der Waals surface area (Å²) in [5.74, 6) is 1.34. The van der Waals surface area contributed by atoms with Crippen molar-refractivity contribution in [3.63, 3.8) is 0 Å². The van der Waals surface area contributed by atoms with Crippen molar-refractivity contribution < 1.29 is 14.3 Å². The van der Waals surface area contributed by atoms with Gasteiger partial charge in [-0.1, -0.05) is 24.3 Å². The molecule has 2 aliphatic rings. The molecule has 2 heterocycles. The first-order chi connectivity index (χ1) is 13.7. The summed E-state index contributed by atoms with van der Waals surface area (Å²) in [6.45, 7) is 3.73. The monoisotopic (exact) mass is 380 g/mol. The lowest BCUT2D eigenvalue weighted by molar-refractivity contribution is 0.0599. The first kappa shape index (κ1) is 18.8. The molecule has 1 amide bonds. The summed E-state index contributed by atoms with van der Waals surface area (Å²) in [7, 11) is 3.20. The van der Waals surface area contributed by atoms with Crippen molar-refractivity contribution in [2.75, 3.05) is 33.9 Å². The molecular weight excluding hydrogens is 352 g/mol. The van der Waals surface area contributed by atoms with Crippen molar-refractivity contribution in [1.82, 2.24) is 9.80 Å². The Morgan fingerprint density at radius 3 is 2.21 bits per heavy atom. The maximum Gasteiger partial charge on any atom is 0.254 e. The van der Waals surface area contributed by atoms with Crippen LogP contribution in [0.5, 0.6) is 11.5 Å². The number of hydrogen-bond donors (Lipinski definition) is 0. The molecule has 0 bridgehead atoms. The van der Waals surface area contributed by atoms with Crippen LogP contribution in [0.3, 0.4) is 0 Å². The van der Waals surface area contributed by atoms with E-state index >= 15 is 0 Å². The summed E-state index contributed by atoms with van der Waals surface area (Å²) < 4.78 is 10.6. The Morgan fingerprint density at radius 2 is 1.57 bits per heavy atom. The zero-order valence-electron chi connectivity index (χ0n) is 16.7. The molecule has 0 atom stereocenters. The third kappa shape index (κ3) is 3.85. The molecule has 0 aromatic heterocycles. The van der Waals surface area contributed by atoms with Crippen molar-refractivity contribution in [2.45, 2.75) is 31.8 Å². The van der Waals surface area contributed by atoms with Crippen LogP contribution in [0.15, 0.2) is 42.5 Å². The van der Waals surface area contributed by atoms with Gasteiger partial charge in [-0.3, -0.25) is 9.69 Å². The van der Waals surface area contributed by atoms with Crippen LogP contribution in [0.4, 0.5) is 0 Å². The number of methoxy groups -OCH3 is 2. The highest BCUT2D eigenvalue weighted by Crippen LogP contribution is 2.27. The summed E-state index contributed by atoms with van der Waals surface area (Å²) in [5.41, 5.74) is 3.57. The normalized spacial score (nSPS) is 17.9. The van der Waals surface area contributed by atoms with Gasteiger partial charge in [-0.05, 0) is 42.5 Å². The smallest absolute Gasteiger partial charge is 0.254 e. The molecule has 28 heavy (non-hydrogen) atoms. The fourth-order valence-electron chi connectivity index (χ4n) is 4.38. The van der Waals surface area contributed by atoms with Crippen LogP contribution in [-0.4, -0.2) is 55.6 Å². The van der Waals surface area contributed by atoms with Crippen LogP contribution < -0.4 is 9.47 Å². The lowest BCUT2D eigenvalue weighted by Gasteiger charge is -2.40. The lowest BCUT2D eigenvalue weighted by atomic mass is 9.95. The fraction of sp³-hybridized carbons (Fsp3) is 0.435. The van der Waals surface area contributed by atoms with E-state index in [1.807, 2.05) is 4.90 Å². The number of nitrogens with zero attached hydrogens (tertiary/aromatic N) is 2. The van der Waals surface area contributed by atoms with Gasteiger partial charge < -0.3 is 14.4 Å². The number of benzene rings is 2. The Balaban J connectivity index is 1.39. The molecule has 0 spiro atoms. The Hall–Kier alpha value is -2.53. The molecule has 1 fully saturated rings. The van der Waals surface area contributed by atoms with Crippen molar-refractivity contribution >= 4 is 5.91 Å². The van der Waals surface area contributed by atoms with E-state index in [2.05, 4.69) is 29.2 Å². The van der Waals surface area contributed by atoms with Crippen LogP contribution in [0, 0.1) is 0 Å². The molecule has 0 N–H and O–H groups in total. The van der Waals surface area contributed by atoms with Crippen molar-refractivity contribution in [1.29, 1.82) is 0 Å². The molecule has 5 heteroatoms. The van der Waals surface area contributed by atoms with Gasteiger partial charge in [-0.2, -0.15) is 0 Å². The lowest BCUT2D eigenvalue weighted by Crippen LogP contribution is -2.48. The zero-order chi connectivity index (χ0) is 19.5. The highest BCUT2D eigenvalue weighted by atomic mass is 16.5. The minimum atomic E-state index is 0.0552. The topological polar surface area (TPSA) is 42.0 Å². The summed E-state index contributed by atoms with van der Waals surface area (Å²) >= 11 is 0. The van der Waals surface area contributed by atoms with Crippen molar-refractivity contribution in [3.05, 3.63) is 59.2 Å². The van der Waals surface area contributed by atoms with Gasteiger partial charge in [0, 0.05) is 43.9 Å². The Kier molecular flexibility index (Phi) is 5.53. The Bertz CT molecular complexity index is 821. The molecule has 4 rings (SSSR count). The molecule has 2 aliphatic heterocycles. The molecular formula is C23H28N2O3. The number of carbonyl (C=O) groups excluding carboxylic acids is 1. The van der Waals surface area contributed by atoms with Crippen LogP contribution in [0.25, 0.3) is 0 Å². The maximum atomic E-state index is 13.0. The van der Waals surface area contributed by atoms with Crippen LogP contribution in [0.1, 0.15) is 34.3 Å². The number of ether oxygens (including phenoxy) is 2. The number of piperidine rings is 1. The molecule has 0 aliphatic carbocycles. The zero-order valence-corrected chi connectivity index (χ0v) is 16.7. The number of carbonyl (C=O) groups is 1. The average Bonchev–Trinajstić information content (AvgIpc) is 2.78.